The first-order valence-corrected chi connectivity index (χ1v) is 4.85. The minimum atomic E-state index is -1.14. The van der Waals surface area contributed by atoms with Gasteiger partial charge in [-0.25, -0.2) is 4.79 Å². The average molecular weight is 210 g/mol. The van der Waals surface area contributed by atoms with Crippen molar-refractivity contribution in [3.8, 4) is 0 Å². The van der Waals surface area contributed by atoms with E-state index >= 15 is 0 Å². The van der Waals surface area contributed by atoms with Gasteiger partial charge in [-0.05, 0) is 19.8 Å². The lowest BCUT2D eigenvalue weighted by atomic mass is 9.78. The van der Waals surface area contributed by atoms with E-state index in [1.54, 1.807) is 19.1 Å². The first-order chi connectivity index (χ1) is 7.06. The Morgan fingerprint density at radius 2 is 1.73 bits per heavy atom. The fraction of sp³-hybridized carbons (Fsp3) is 0.500. The van der Waals surface area contributed by atoms with Crippen LogP contribution in [0.5, 0.6) is 0 Å². The van der Waals surface area contributed by atoms with Gasteiger partial charge in [0, 0.05) is 0 Å². The maximum atomic E-state index is 11.6. The molecule has 1 saturated heterocycles. The van der Waals surface area contributed by atoms with Gasteiger partial charge in [-0.15, -0.1) is 0 Å². The number of rotatable bonds is 3. The van der Waals surface area contributed by atoms with Gasteiger partial charge in [-0.2, -0.15) is 0 Å². The molecule has 0 saturated carbocycles. The van der Waals surface area contributed by atoms with Crippen molar-refractivity contribution in [1.29, 1.82) is 0 Å². The third kappa shape index (κ3) is 1.91. The molecule has 82 valence electrons. The Bertz CT molecular complexity index is 314. The van der Waals surface area contributed by atoms with E-state index in [-0.39, 0.29) is 0 Å². The number of hydrogen-bond acceptors (Lipinski definition) is 3. The molecule has 5 heteroatoms. The zero-order chi connectivity index (χ0) is 11.5. The molecule has 2 N–H and O–H groups in total. The van der Waals surface area contributed by atoms with Crippen molar-refractivity contribution in [3.63, 3.8) is 0 Å². The van der Waals surface area contributed by atoms with Crippen LogP contribution < -0.4 is 10.6 Å². The van der Waals surface area contributed by atoms with Crippen molar-refractivity contribution in [2.75, 3.05) is 0 Å². The maximum Gasteiger partial charge on any atom is 0.328 e. The zero-order valence-electron chi connectivity index (χ0n) is 8.79. The molecule has 0 atom stereocenters. The van der Waals surface area contributed by atoms with Crippen molar-refractivity contribution in [2.24, 2.45) is 5.41 Å². The Kier molecular flexibility index (Phi) is 3.24. The van der Waals surface area contributed by atoms with Gasteiger partial charge in [0.2, 0.25) is 11.8 Å². The number of amides is 4. The third-order valence-corrected chi connectivity index (χ3v) is 2.63. The molecule has 0 aromatic carbocycles. The Hall–Kier alpha value is -1.65. The van der Waals surface area contributed by atoms with Crippen LogP contribution in [-0.4, -0.2) is 17.8 Å². The molecule has 0 unspecified atom stereocenters. The lowest BCUT2D eigenvalue weighted by molar-refractivity contribution is -0.144. The molecule has 0 aliphatic carbocycles. The number of carbonyl (C=O) groups excluding carboxylic acids is 3. The second kappa shape index (κ2) is 4.25. The summed E-state index contributed by atoms with van der Waals surface area (Å²) in [7, 11) is 0. The molecule has 15 heavy (non-hydrogen) atoms. The SMILES string of the molecule is CC=CCC1(CC)C(=O)NC(=O)NC1=O. The Morgan fingerprint density at radius 3 is 2.13 bits per heavy atom. The van der Waals surface area contributed by atoms with Crippen LogP contribution in [0.4, 0.5) is 4.79 Å². The van der Waals surface area contributed by atoms with E-state index in [4.69, 9.17) is 0 Å². The number of barbiturate groups is 1. The number of urea groups is 1. The Morgan fingerprint density at radius 1 is 1.20 bits per heavy atom. The molecule has 1 aliphatic rings. The monoisotopic (exact) mass is 210 g/mol. The van der Waals surface area contributed by atoms with E-state index in [1.807, 2.05) is 6.92 Å². The highest BCUT2D eigenvalue weighted by atomic mass is 16.2. The lowest BCUT2D eigenvalue weighted by Crippen LogP contribution is -2.62. The summed E-state index contributed by atoms with van der Waals surface area (Å²) in [5.74, 6) is -1.03. The van der Waals surface area contributed by atoms with Gasteiger partial charge >= 0.3 is 6.03 Å². The number of allylic oxidation sites excluding steroid dienone is 2. The van der Waals surface area contributed by atoms with Gasteiger partial charge in [-0.1, -0.05) is 19.1 Å². The number of hydrogen-bond donors (Lipinski definition) is 2. The molecule has 0 aromatic heterocycles. The van der Waals surface area contributed by atoms with Crippen LogP contribution in [0.15, 0.2) is 12.2 Å². The number of carbonyl (C=O) groups is 3. The largest absolute Gasteiger partial charge is 0.328 e. The summed E-state index contributed by atoms with van der Waals surface area (Å²) in [4.78, 5) is 34.2. The highest BCUT2D eigenvalue weighted by Crippen LogP contribution is 2.29. The van der Waals surface area contributed by atoms with Crippen LogP contribution in [0.3, 0.4) is 0 Å². The first-order valence-electron chi connectivity index (χ1n) is 4.85. The fourth-order valence-electron chi connectivity index (χ4n) is 1.55. The quantitative estimate of drug-likeness (QED) is 0.532. The number of imide groups is 2. The third-order valence-electron chi connectivity index (χ3n) is 2.63. The Balaban J connectivity index is 2.99. The molecular formula is C10H14N2O3. The van der Waals surface area contributed by atoms with Gasteiger partial charge in [0.15, 0.2) is 0 Å². The molecule has 0 aromatic rings. The van der Waals surface area contributed by atoms with E-state index in [2.05, 4.69) is 10.6 Å². The molecule has 0 bridgehead atoms. The standard InChI is InChI=1S/C10H14N2O3/c1-3-5-6-10(4-2)7(13)11-9(15)12-8(10)14/h3,5H,4,6H2,1-2H3,(H2,11,12,13,14,15). The van der Waals surface area contributed by atoms with Gasteiger partial charge in [0.25, 0.3) is 0 Å². The summed E-state index contributed by atoms with van der Waals surface area (Å²) in [5, 5.41) is 4.23. The van der Waals surface area contributed by atoms with E-state index in [9.17, 15) is 14.4 Å². The molecular weight excluding hydrogens is 196 g/mol. The van der Waals surface area contributed by atoms with Crippen LogP contribution in [0, 0.1) is 5.41 Å². The van der Waals surface area contributed by atoms with Crippen molar-refractivity contribution in [3.05, 3.63) is 12.2 Å². The maximum absolute atomic E-state index is 11.6. The summed E-state index contributed by atoms with van der Waals surface area (Å²) in [6.45, 7) is 3.56. The van der Waals surface area contributed by atoms with E-state index in [0.29, 0.717) is 12.8 Å². The summed E-state index contributed by atoms with van der Waals surface area (Å²) in [6.07, 6.45) is 4.19. The van der Waals surface area contributed by atoms with Crippen LogP contribution in [0.1, 0.15) is 26.7 Å². The lowest BCUT2D eigenvalue weighted by Gasteiger charge is -2.31. The fourth-order valence-corrected chi connectivity index (χ4v) is 1.55. The van der Waals surface area contributed by atoms with Gasteiger partial charge in [0.05, 0.1) is 0 Å². The average Bonchev–Trinajstić information content (AvgIpc) is 2.17. The number of nitrogens with one attached hydrogen (secondary N) is 2. The highest BCUT2D eigenvalue weighted by Gasteiger charge is 2.47. The molecule has 0 spiro atoms. The first kappa shape index (κ1) is 11.4. The Labute approximate surface area is 87.9 Å². The van der Waals surface area contributed by atoms with Crippen molar-refractivity contribution < 1.29 is 14.4 Å². The summed E-state index contributed by atoms with van der Waals surface area (Å²) < 4.78 is 0. The van der Waals surface area contributed by atoms with Crippen LogP contribution >= 0.6 is 0 Å². The van der Waals surface area contributed by atoms with E-state index < -0.39 is 23.3 Å². The van der Waals surface area contributed by atoms with Crippen LogP contribution in [0.2, 0.25) is 0 Å². The second-order valence-electron chi connectivity index (χ2n) is 3.45. The molecule has 1 fully saturated rings. The molecule has 1 aliphatic heterocycles. The normalized spacial score (nSPS) is 20.3. The highest BCUT2D eigenvalue weighted by molar-refractivity contribution is 6.19. The minimum Gasteiger partial charge on any atom is -0.277 e. The van der Waals surface area contributed by atoms with E-state index in [1.165, 1.54) is 0 Å². The zero-order valence-corrected chi connectivity index (χ0v) is 8.79. The van der Waals surface area contributed by atoms with Crippen LogP contribution in [0.25, 0.3) is 0 Å². The molecule has 1 heterocycles. The van der Waals surface area contributed by atoms with Gasteiger partial charge in [0.1, 0.15) is 5.41 Å². The topological polar surface area (TPSA) is 75.3 Å². The van der Waals surface area contributed by atoms with E-state index in [0.717, 1.165) is 0 Å². The molecule has 1 rings (SSSR count). The minimum absolute atomic E-state index is 0.310. The van der Waals surface area contributed by atoms with Crippen molar-refractivity contribution >= 4 is 17.8 Å². The summed E-state index contributed by atoms with van der Waals surface area (Å²) >= 11 is 0. The predicted octanol–water partition coefficient (Wildman–Crippen LogP) is 0.715. The summed E-state index contributed by atoms with van der Waals surface area (Å²) in [5.41, 5.74) is -1.14. The smallest absolute Gasteiger partial charge is 0.277 e. The summed E-state index contributed by atoms with van der Waals surface area (Å²) in [6, 6.07) is -0.741. The molecule has 4 amide bonds. The van der Waals surface area contributed by atoms with Crippen molar-refractivity contribution in [1.82, 2.24) is 10.6 Å². The molecule has 0 radical (unpaired) electrons. The van der Waals surface area contributed by atoms with Gasteiger partial charge in [-0.3, -0.25) is 20.2 Å². The van der Waals surface area contributed by atoms with Crippen molar-refractivity contribution in [2.45, 2.75) is 26.7 Å². The predicted molar refractivity (Wildman–Crippen MR) is 53.8 cm³/mol. The molecule has 5 nitrogen and oxygen atoms in total. The second-order valence-corrected chi connectivity index (χ2v) is 3.45. The van der Waals surface area contributed by atoms with Crippen LogP contribution in [-0.2, 0) is 9.59 Å². The van der Waals surface area contributed by atoms with Gasteiger partial charge < -0.3 is 0 Å².